The molecular weight excluding hydrogens is 242 g/mol. The molecule has 1 aliphatic heterocycles. The number of carbonyl (C=O) groups excluding carboxylic acids is 1. The van der Waals surface area contributed by atoms with Gasteiger partial charge < -0.3 is 0 Å². The number of ketones is 1. The fourth-order valence-electron chi connectivity index (χ4n) is 1.63. The van der Waals surface area contributed by atoms with Crippen LogP contribution < -0.4 is 0 Å². The molecular formula is C15H19NOS. The van der Waals surface area contributed by atoms with Gasteiger partial charge in [-0.05, 0) is 37.8 Å². The summed E-state index contributed by atoms with van der Waals surface area (Å²) in [5, 5.41) is 1.98. The summed E-state index contributed by atoms with van der Waals surface area (Å²) in [6.45, 7) is 7.88. The van der Waals surface area contributed by atoms with Crippen LogP contribution in [0.5, 0.6) is 0 Å². The van der Waals surface area contributed by atoms with Gasteiger partial charge in [-0.3, -0.25) is 9.78 Å². The van der Waals surface area contributed by atoms with Crippen LogP contribution in [-0.2, 0) is 0 Å². The molecule has 0 saturated carbocycles. The van der Waals surface area contributed by atoms with Crippen LogP contribution in [0, 0.1) is 6.92 Å². The molecule has 18 heavy (non-hydrogen) atoms. The highest BCUT2D eigenvalue weighted by Gasteiger charge is 2.18. The Bertz CT molecular complexity index is 489. The number of aryl methyl sites for hydroxylation is 1. The standard InChI is InChI=1S/C13H13NOS.C2H6/c1-9-5-4-8-16-13(9)12(15)11-6-3-7-14-10(11)2;1-2/h3-4,6-8H,5H2,1-2H3;1-2H3. The fourth-order valence-corrected chi connectivity index (χ4v) is 2.46. The maximum atomic E-state index is 12.3. The molecule has 0 bridgehead atoms. The van der Waals surface area contributed by atoms with Gasteiger partial charge in [-0.1, -0.05) is 37.3 Å². The van der Waals surface area contributed by atoms with E-state index in [1.165, 1.54) is 11.8 Å². The van der Waals surface area contributed by atoms with Gasteiger partial charge in [0.2, 0.25) is 5.78 Å². The van der Waals surface area contributed by atoms with Gasteiger partial charge in [0.05, 0.1) is 4.91 Å². The van der Waals surface area contributed by atoms with E-state index in [-0.39, 0.29) is 5.78 Å². The Labute approximate surface area is 113 Å². The number of rotatable bonds is 2. The zero-order chi connectivity index (χ0) is 13.5. The third-order valence-electron chi connectivity index (χ3n) is 2.55. The Morgan fingerprint density at radius 3 is 2.67 bits per heavy atom. The molecule has 3 heteroatoms. The van der Waals surface area contributed by atoms with Crippen LogP contribution in [0.2, 0.25) is 0 Å². The lowest BCUT2D eigenvalue weighted by Gasteiger charge is -2.12. The molecule has 1 aliphatic rings. The second-order valence-electron chi connectivity index (χ2n) is 3.77. The fraction of sp³-hybridized carbons (Fsp3) is 0.333. The van der Waals surface area contributed by atoms with Gasteiger partial charge in [-0.2, -0.15) is 0 Å². The van der Waals surface area contributed by atoms with E-state index in [4.69, 9.17) is 0 Å². The Balaban J connectivity index is 0.000000771. The van der Waals surface area contributed by atoms with E-state index in [0.717, 1.165) is 22.6 Å². The predicted molar refractivity (Wildman–Crippen MR) is 78.7 cm³/mol. The summed E-state index contributed by atoms with van der Waals surface area (Å²) in [5.74, 6) is 0.0949. The molecule has 0 radical (unpaired) electrons. The first kappa shape index (κ1) is 14.7. The Kier molecular flexibility index (Phi) is 5.86. The number of allylic oxidation sites excluding steroid dienone is 3. The van der Waals surface area contributed by atoms with Crippen molar-refractivity contribution in [2.24, 2.45) is 0 Å². The Hall–Kier alpha value is -1.35. The minimum absolute atomic E-state index is 0.0949. The number of thioether (sulfide) groups is 1. The molecule has 0 fully saturated rings. The summed E-state index contributed by atoms with van der Waals surface area (Å²) in [7, 11) is 0. The topological polar surface area (TPSA) is 30.0 Å². The average Bonchev–Trinajstić information content (AvgIpc) is 2.41. The summed E-state index contributed by atoms with van der Waals surface area (Å²) in [4.78, 5) is 17.3. The zero-order valence-electron chi connectivity index (χ0n) is 11.4. The summed E-state index contributed by atoms with van der Waals surface area (Å²) < 4.78 is 0. The number of carbonyl (C=O) groups is 1. The van der Waals surface area contributed by atoms with Crippen LogP contribution in [0.25, 0.3) is 0 Å². The van der Waals surface area contributed by atoms with Crippen molar-refractivity contribution in [3.63, 3.8) is 0 Å². The van der Waals surface area contributed by atoms with E-state index < -0.39 is 0 Å². The number of Topliss-reactive ketones (excluding diaryl/α,β-unsaturated/α-hetero) is 1. The largest absolute Gasteiger partial charge is 0.288 e. The first-order valence-electron chi connectivity index (χ1n) is 6.18. The Morgan fingerprint density at radius 2 is 2.06 bits per heavy atom. The molecule has 2 rings (SSSR count). The molecule has 1 aromatic heterocycles. The van der Waals surface area contributed by atoms with Gasteiger partial charge in [0, 0.05) is 17.5 Å². The molecule has 96 valence electrons. The van der Waals surface area contributed by atoms with Crippen molar-refractivity contribution in [2.45, 2.75) is 34.1 Å². The van der Waals surface area contributed by atoms with Crippen molar-refractivity contribution in [2.75, 3.05) is 0 Å². The van der Waals surface area contributed by atoms with E-state index in [1.54, 1.807) is 12.3 Å². The molecule has 0 aromatic carbocycles. The minimum Gasteiger partial charge on any atom is -0.288 e. The molecule has 0 unspecified atom stereocenters. The van der Waals surface area contributed by atoms with E-state index in [9.17, 15) is 4.79 Å². The maximum absolute atomic E-state index is 12.3. The van der Waals surface area contributed by atoms with E-state index in [0.29, 0.717) is 5.56 Å². The van der Waals surface area contributed by atoms with Crippen molar-refractivity contribution in [1.29, 1.82) is 0 Å². The van der Waals surface area contributed by atoms with Crippen molar-refractivity contribution in [1.82, 2.24) is 4.98 Å². The van der Waals surface area contributed by atoms with Crippen LogP contribution in [0.4, 0.5) is 0 Å². The zero-order valence-corrected chi connectivity index (χ0v) is 12.2. The second kappa shape index (κ2) is 7.17. The first-order valence-corrected chi connectivity index (χ1v) is 7.06. The predicted octanol–water partition coefficient (Wildman–Crippen LogP) is 4.52. The highest BCUT2D eigenvalue weighted by molar-refractivity contribution is 8.06. The second-order valence-corrected chi connectivity index (χ2v) is 4.68. The van der Waals surface area contributed by atoms with Crippen LogP contribution >= 0.6 is 11.8 Å². The SMILES string of the molecule is CC.CC1=C(C(=O)c2cccnc2C)SC=CC1. The first-order chi connectivity index (χ1) is 8.70. The van der Waals surface area contributed by atoms with Crippen LogP contribution in [0.3, 0.4) is 0 Å². The lowest BCUT2D eigenvalue weighted by Crippen LogP contribution is -2.07. The van der Waals surface area contributed by atoms with Gasteiger partial charge >= 0.3 is 0 Å². The summed E-state index contributed by atoms with van der Waals surface area (Å²) in [6.07, 6.45) is 4.65. The van der Waals surface area contributed by atoms with Crippen molar-refractivity contribution in [3.05, 3.63) is 51.5 Å². The lowest BCUT2D eigenvalue weighted by molar-refractivity contribution is 0.104. The number of pyridine rings is 1. The van der Waals surface area contributed by atoms with Gasteiger partial charge in [-0.25, -0.2) is 0 Å². The maximum Gasteiger partial charge on any atom is 0.201 e. The molecule has 2 heterocycles. The number of nitrogens with zero attached hydrogens (tertiary/aromatic N) is 1. The van der Waals surface area contributed by atoms with E-state index in [2.05, 4.69) is 11.1 Å². The molecule has 1 aromatic rings. The summed E-state index contributed by atoms with van der Waals surface area (Å²) >= 11 is 1.50. The number of hydrogen-bond donors (Lipinski definition) is 0. The Morgan fingerprint density at radius 1 is 1.33 bits per heavy atom. The quantitative estimate of drug-likeness (QED) is 0.733. The van der Waals surface area contributed by atoms with E-state index in [1.807, 2.05) is 39.2 Å². The minimum atomic E-state index is 0.0949. The van der Waals surface area contributed by atoms with Gasteiger partial charge in [0.15, 0.2) is 0 Å². The molecule has 2 nitrogen and oxygen atoms in total. The molecule has 0 saturated heterocycles. The highest BCUT2D eigenvalue weighted by Crippen LogP contribution is 2.31. The summed E-state index contributed by atoms with van der Waals surface area (Å²) in [5.41, 5.74) is 2.64. The molecule has 0 aliphatic carbocycles. The van der Waals surface area contributed by atoms with E-state index >= 15 is 0 Å². The van der Waals surface area contributed by atoms with Crippen LogP contribution in [0.15, 0.2) is 40.3 Å². The molecule has 0 N–H and O–H groups in total. The van der Waals surface area contributed by atoms with Crippen molar-refractivity contribution < 1.29 is 4.79 Å². The van der Waals surface area contributed by atoms with Crippen molar-refractivity contribution in [3.8, 4) is 0 Å². The van der Waals surface area contributed by atoms with Crippen LogP contribution in [0.1, 0.15) is 43.2 Å². The third kappa shape index (κ3) is 3.33. The third-order valence-corrected chi connectivity index (χ3v) is 3.65. The highest BCUT2D eigenvalue weighted by atomic mass is 32.2. The molecule has 0 atom stereocenters. The summed E-state index contributed by atoms with van der Waals surface area (Å²) in [6, 6.07) is 3.64. The number of hydrogen-bond acceptors (Lipinski definition) is 3. The number of aromatic nitrogens is 1. The smallest absolute Gasteiger partial charge is 0.201 e. The lowest BCUT2D eigenvalue weighted by atomic mass is 10.1. The molecule has 0 amide bonds. The van der Waals surface area contributed by atoms with Gasteiger partial charge in [0.25, 0.3) is 0 Å². The van der Waals surface area contributed by atoms with Crippen LogP contribution in [-0.4, -0.2) is 10.8 Å². The van der Waals surface area contributed by atoms with Gasteiger partial charge in [0.1, 0.15) is 0 Å². The van der Waals surface area contributed by atoms with Crippen molar-refractivity contribution >= 4 is 17.5 Å². The molecule has 0 spiro atoms. The monoisotopic (exact) mass is 261 g/mol. The average molecular weight is 261 g/mol. The van der Waals surface area contributed by atoms with Gasteiger partial charge in [-0.15, -0.1) is 0 Å². The normalized spacial score (nSPS) is 14.0.